The molecule has 0 aromatic rings. The molecule has 0 heterocycles. The Morgan fingerprint density at radius 1 is 1.44 bits per heavy atom. The monoisotopic (exact) mass is 247 g/mol. The largest absolute Gasteiger partial charge is 0.466 e. The molecule has 16 heavy (non-hydrogen) atoms. The second-order valence-electron chi connectivity index (χ2n) is 4.22. The average molecular weight is 247 g/mol. The third kappa shape index (κ3) is 6.38. The Kier molecular flexibility index (Phi) is 8.76. The lowest BCUT2D eigenvalue weighted by Gasteiger charge is -2.26. The van der Waals surface area contributed by atoms with Crippen LogP contribution in [0.2, 0.25) is 0 Å². The van der Waals surface area contributed by atoms with Gasteiger partial charge in [-0.15, -0.1) is 0 Å². The zero-order chi connectivity index (χ0) is 12.6. The Hall–Kier alpha value is -0.220. The van der Waals surface area contributed by atoms with Crippen molar-refractivity contribution in [1.29, 1.82) is 0 Å². The number of nitrogens with zero attached hydrogens (tertiary/aromatic N) is 1. The highest BCUT2D eigenvalue weighted by molar-refractivity contribution is 7.98. The van der Waals surface area contributed by atoms with Gasteiger partial charge in [-0.05, 0) is 39.3 Å². The summed E-state index contributed by atoms with van der Waals surface area (Å²) in [6, 6.07) is 0.518. The van der Waals surface area contributed by atoms with Gasteiger partial charge in [0.05, 0.1) is 12.5 Å². The van der Waals surface area contributed by atoms with E-state index in [0.717, 1.165) is 13.0 Å². The summed E-state index contributed by atoms with van der Waals surface area (Å²) in [4.78, 5) is 13.7. The van der Waals surface area contributed by atoms with E-state index in [9.17, 15) is 4.79 Å². The van der Waals surface area contributed by atoms with Crippen molar-refractivity contribution in [1.82, 2.24) is 4.90 Å². The van der Waals surface area contributed by atoms with Gasteiger partial charge in [-0.1, -0.05) is 6.92 Å². The van der Waals surface area contributed by atoms with Crippen LogP contribution in [0.3, 0.4) is 0 Å². The van der Waals surface area contributed by atoms with Crippen molar-refractivity contribution in [3.63, 3.8) is 0 Å². The van der Waals surface area contributed by atoms with Gasteiger partial charge < -0.3 is 9.64 Å². The lowest BCUT2D eigenvalue weighted by Crippen LogP contribution is -2.36. The Balaban J connectivity index is 3.92. The average Bonchev–Trinajstić information content (AvgIpc) is 2.25. The van der Waals surface area contributed by atoms with Gasteiger partial charge in [0.1, 0.15) is 0 Å². The standard InChI is InChI=1S/C12H25NO2S/c1-6-15-12(14)10(2)9-13(4)11(3)7-8-16-5/h10-11H,6-9H2,1-5H3. The van der Waals surface area contributed by atoms with Gasteiger partial charge in [0.15, 0.2) is 0 Å². The zero-order valence-electron chi connectivity index (χ0n) is 11.2. The number of carbonyl (C=O) groups is 1. The van der Waals surface area contributed by atoms with Crippen molar-refractivity contribution in [3.05, 3.63) is 0 Å². The van der Waals surface area contributed by atoms with Gasteiger partial charge in [0, 0.05) is 12.6 Å². The van der Waals surface area contributed by atoms with Crippen LogP contribution in [-0.2, 0) is 9.53 Å². The van der Waals surface area contributed by atoms with Crippen LogP contribution in [0.5, 0.6) is 0 Å². The Bertz CT molecular complexity index is 199. The van der Waals surface area contributed by atoms with Crippen LogP contribution < -0.4 is 0 Å². The van der Waals surface area contributed by atoms with Crippen LogP contribution in [0.15, 0.2) is 0 Å². The molecule has 0 aliphatic carbocycles. The number of esters is 1. The van der Waals surface area contributed by atoms with Crippen molar-refractivity contribution in [3.8, 4) is 0 Å². The first-order chi connectivity index (χ1) is 7.52. The van der Waals surface area contributed by atoms with Gasteiger partial charge in [0.25, 0.3) is 0 Å². The van der Waals surface area contributed by atoms with Gasteiger partial charge >= 0.3 is 5.97 Å². The van der Waals surface area contributed by atoms with Gasteiger partial charge in [-0.2, -0.15) is 11.8 Å². The minimum absolute atomic E-state index is 0.0401. The molecule has 0 radical (unpaired) electrons. The predicted molar refractivity (Wildman–Crippen MR) is 70.9 cm³/mol. The third-order valence-electron chi connectivity index (χ3n) is 2.74. The van der Waals surface area contributed by atoms with Crippen molar-refractivity contribution in [2.45, 2.75) is 33.2 Å². The fraction of sp³-hybridized carbons (Fsp3) is 0.917. The maximum Gasteiger partial charge on any atom is 0.309 e. The van der Waals surface area contributed by atoms with Crippen LogP contribution in [0.25, 0.3) is 0 Å². The first-order valence-corrected chi connectivity index (χ1v) is 7.28. The fourth-order valence-electron chi connectivity index (χ4n) is 1.48. The summed E-state index contributed by atoms with van der Waals surface area (Å²) in [5.41, 5.74) is 0. The van der Waals surface area contributed by atoms with Crippen LogP contribution in [0.1, 0.15) is 27.2 Å². The van der Waals surface area contributed by atoms with E-state index in [2.05, 4.69) is 25.1 Å². The summed E-state index contributed by atoms with van der Waals surface area (Å²) < 4.78 is 5.00. The summed E-state index contributed by atoms with van der Waals surface area (Å²) in [6.07, 6.45) is 3.28. The van der Waals surface area contributed by atoms with E-state index in [0.29, 0.717) is 12.6 Å². The molecule has 0 aliphatic heterocycles. The summed E-state index contributed by atoms with van der Waals surface area (Å²) in [7, 11) is 2.07. The first kappa shape index (κ1) is 15.8. The van der Waals surface area contributed by atoms with Crippen molar-refractivity contribution in [2.24, 2.45) is 5.92 Å². The van der Waals surface area contributed by atoms with Crippen LogP contribution >= 0.6 is 11.8 Å². The number of hydrogen-bond donors (Lipinski definition) is 0. The smallest absolute Gasteiger partial charge is 0.309 e. The molecule has 0 rings (SSSR count). The van der Waals surface area contributed by atoms with Crippen LogP contribution in [-0.4, -0.2) is 49.1 Å². The number of rotatable bonds is 8. The van der Waals surface area contributed by atoms with E-state index in [-0.39, 0.29) is 11.9 Å². The molecule has 0 aromatic carbocycles. The minimum atomic E-state index is -0.0913. The molecule has 0 fully saturated rings. The molecule has 0 saturated heterocycles. The highest BCUT2D eigenvalue weighted by Gasteiger charge is 2.18. The molecule has 0 aromatic heterocycles. The van der Waals surface area contributed by atoms with Gasteiger partial charge in [-0.3, -0.25) is 4.79 Å². The Morgan fingerprint density at radius 2 is 2.06 bits per heavy atom. The van der Waals surface area contributed by atoms with E-state index in [4.69, 9.17) is 4.74 Å². The lowest BCUT2D eigenvalue weighted by molar-refractivity contribution is -0.148. The summed E-state index contributed by atoms with van der Waals surface area (Å²) in [5, 5.41) is 0. The molecule has 2 unspecified atom stereocenters. The number of ether oxygens (including phenoxy) is 1. The van der Waals surface area contributed by atoms with Gasteiger partial charge in [0.2, 0.25) is 0 Å². The fourth-order valence-corrected chi connectivity index (χ4v) is 2.06. The van der Waals surface area contributed by atoms with Crippen molar-refractivity contribution in [2.75, 3.05) is 32.2 Å². The lowest BCUT2D eigenvalue weighted by atomic mass is 10.1. The zero-order valence-corrected chi connectivity index (χ0v) is 12.0. The summed E-state index contributed by atoms with van der Waals surface area (Å²) in [5.74, 6) is 1.03. The second-order valence-corrected chi connectivity index (χ2v) is 5.21. The molecule has 0 aliphatic rings. The number of carbonyl (C=O) groups excluding carboxylic acids is 1. The highest BCUT2D eigenvalue weighted by Crippen LogP contribution is 2.09. The summed E-state index contributed by atoms with van der Waals surface area (Å²) in [6.45, 7) is 7.21. The quantitative estimate of drug-likeness (QED) is 0.615. The second kappa shape index (κ2) is 8.88. The predicted octanol–water partition coefficient (Wildman–Crippen LogP) is 2.26. The SMILES string of the molecule is CCOC(=O)C(C)CN(C)C(C)CCSC. The van der Waals surface area contributed by atoms with Crippen LogP contribution in [0, 0.1) is 5.92 Å². The summed E-state index contributed by atoms with van der Waals surface area (Å²) >= 11 is 1.86. The van der Waals surface area contributed by atoms with Crippen molar-refractivity contribution < 1.29 is 9.53 Å². The molecule has 0 spiro atoms. The molecule has 0 bridgehead atoms. The molecular weight excluding hydrogens is 222 g/mol. The molecule has 4 heteroatoms. The normalized spacial score (nSPS) is 14.9. The maximum atomic E-state index is 11.5. The van der Waals surface area contributed by atoms with Crippen molar-refractivity contribution >= 4 is 17.7 Å². The van der Waals surface area contributed by atoms with E-state index in [1.165, 1.54) is 5.75 Å². The van der Waals surface area contributed by atoms with E-state index in [1.807, 2.05) is 25.6 Å². The minimum Gasteiger partial charge on any atom is -0.466 e. The molecule has 0 amide bonds. The van der Waals surface area contributed by atoms with Gasteiger partial charge in [-0.25, -0.2) is 0 Å². The first-order valence-electron chi connectivity index (χ1n) is 5.88. The molecule has 2 atom stereocenters. The third-order valence-corrected chi connectivity index (χ3v) is 3.39. The Morgan fingerprint density at radius 3 is 2.56 bits per heavy atom. The molecule has 3 nitrogen and oxygen atoms in total. The van der Waals surface area contributed by atoms with E-state index in [1.54, 1.807) is 0 Å². The molecule has 0 N–H and O–H groups in total. The molecule has 96 valence electrons. The van der Waals surface area contributed by atoms with E-state index < -0.39 is 0 Å². The maximum absolute atomic E-state index is 11.5. The molecular formula is C12H25NO2S. The Labute approximate surface area is 104 Å². The van der Waals surface area contributed by atoms with Crippen LogP contribution in [0.4, 0.5) is 0 Å². The topological polar surface area (TPSA) is 29.5 Å². The number of thioether (sulfide) groups is 1. The number of hydrogen-bond acceptors (Lipinski definition) is 4. The van der Waals surface area contributed by atoms with E-state index >= 15 is 0 Å². The highest BCUT2D eigenvalue weighted by atomic mass is 32.2. The molecule has 0 saturated carbocycles.